The summed E-state index contributed by atoms with van der Waals surface area (Å²) in [5, 5.41) is 22.1. The molecule has 3 aliphatic carbocycles. The van der Waals surface area contributed by atoms with Crippen LogP contribution in [0.25, 0.3) is 0 Å². The summed E-state index contributed by atoms with van der Waals surface area (Å²) >= 11 is 0. The molecule has 0 aromatic rings. The van der Waals surface area contributed by atoms with E-state index in [1.807, 2.05) is 6.92 Å². The van der Waals surface area contributed by atoms with Crippen molar-refractivity contribution in [3.8, 4) is 0 Å². The van der Waals surface area contributed by atoms with Crippen LogP contribution in [0.15, 0.2) is 11.3 Å². The quantitative estimate of drug-likeness (QED) is 0.470. The average molecular weight is 449 g/mol. The van der Waals surface area contributed by atoms with Crippen molar-refractivity contribution in [1.82, 2.24) is 0 Å². The van der Waals surface area contributed by atoms with E-state index in [-0.39, 0.29) is 34.4 Å². The predicted octanol–water partition coefficient (Wildman–Crippen LogP) is 3.64. The molecule has 0 aromatic carbocycles. The monoisotopic (exact) mass is 448 g/mol. The van der Waals surface area contributed by atoms with Gasteiger partial charge >= 0.3 is 5.97 Å². The highest BCUT2D eigenvalue weighted by Gasteiger charge is 2.73. The van der Waals surface area contributed by atoms with Gasteiger partial charge in [0.25, 0.3) is 0 Å². The van der Waals surface area contributed by atoms with Gasteiger partial charge in [0.2, 0.25) is 0 Å². The van der Waals surface area contributed by atoms with Crippen LogP contribution in [-0.2, 0) is 19.1 Å². The highest BCUT2D eigenvalue weighted by atomic mass is 16.5. The minimum atomic E-state index is -0.843. The van der Waals surface area contributed by atoms with Crippen molar-refractivity contribution in [1.29, 1.82) is 0 Å². The molecule has 4 rings (SSSR count). The molecule has 9 unspecified atom stereocenters. The minimum absolute atomic E-state index is 0.0667. The second-order valence-corrected chi connectivity index (χ2v) is 12.1. The number of aliphatic hydroxyl groups excluding tert-OH is 2. The van der Waals surface area contributed by atoms with Crippen molar-refractivity contribution in [2.45, 2.75) is 92.0 Å². The maximum Gasteiger partial charge on any atom is 0.316 e. The lowest BCUT2D eigenvalue weighted by atomic mass is 9.42. The zero-order valence-corrected chi connectivity index (χ0v) is 20.8. The summed E-state index contributed by atoms with van der Waals surface area (Å²) in [4.78, 5) is 25.8. The van der Waals surface area contributed by atoms with Gasteiger partial charge in [0.1, 0.15) is 17.3 Å². The normalized spacial score (nSPS) is 50.0. The summed E-state index contributed by atoms with van der Waals surface area (Å²) in [5.41, 5.74) is -1.35. The third-order valence-corrected chi connectivity index (χ3v) is 10.6. The second-order valence-electron chi connectivity index (χ2n) is 12.1. The van der Waals surface area contributed by atoms with Crippen LogP contribution in [0.5, 0.6) is 0 Å². The van der Waals surface area contributed by atoms with Gasteiger partial charge in [-0.2, -0.15) is 0 Å². The third-order valence-electron chi connectivity index (χ3n) is 10.6. The van der Waals surface area contributed by atoms with Crippen molar-refractivity contribution in [3.63, 3.8) is 0 Å². The fourth-order valence-corrected chi connectivity index (χ4v) is 8.17. The van der Waals surface area contributed by atoms with E-state index in [4.69, 9.17) is 9.47 Å². The molecule has 0 radical (unpaired) electrons. The molecule has 0 bridgehead atoms. The molecule has 0 aromatic heterocycles. The topological polar surface area (TPSA) is 93.1 Å². The van der Waals surface area contributed by atoms with Gasteiger partial charge in [-0.25, -0.2) is 0 Å². The van der Waals surface area contributed by atoms with Crippen LogP contribution in [0.2, 0.25) is 0 Å². The van der Waals surface area contributed by atoms with Gasteiger partial charge in [-0.05, 0) is 43.4 Å². The molecule has 1 aliphatic heterocycles. The standard InChI is InChI=1S/C26H40O6/c1-13-20(29)19(22(30)31-8)15(3)24(6)12-26(32-21(13)24)14(2)16(27)11-17-23(4,5)18(28)9-10-25(17,26)7/h14-19,27-28H,9-12H2,1-8H3. The molecule has 3 fully saturated rings. The third kappa shape index (κ3) is 2.65. The molecule has 32 heavy (non-hydrogen) atoms. The number of fused-ring (bicyclic) bond motifs is 3. The van der Waals surface area contributed by atoms with Crippen LogP contribution in [0.3, 0.4) is 0 Å². The number of hydrogen-bond acceptors (Lipinski definition) is 6. The van der Waals surface area contributed by atoms with Crippen LogP contribution < -0.4 is 0 Å². The maximum absolute atomic E-state index is 13.2. The number of carbonyl (C=O) groups is 2. The molecule has 1 spiro atoms. The number of allylic oxidation sites excluding steroid dienone is 2. The van der Waals surface area contributed by atoms with Gasteiger partial charge in [0, 0.05) is 28.7 Å². The molecule has 6 heteroatoms. The van der Waals surface area contributed by atoms with Crippen LogP contribution >= 0.6 is 0 Å². The van der Waals surface area contributed by atoms with E-state index in [1.54, 1.807) is 6.92 Å². The Kier molecular flexibility index (Phi) is 5.23. The molecular weight excluding hydrogens is 408 g/mol. The van der Waals surface area contributed by atoms with E-state index in [2.05, 4.69) is 34.6 Å². The van der Waals surface area contributed by atoms with Crippen LogP contribution in [-0.4, -0.2) is 46.9 Å². The molecule has 4 aliphatic rings. The fourth-order valence-electron chi connectivity index (χ4n) is 8.17. The van der Waals surface area contributed by atoms with E-state index >= 15 is 0 Å². The molecule has 1 heterocycles. The first-order valence-electron chi connectivity index (χ1n) is 12.1. The zero-order chi connectivity index (χ0) is 24.0. The van der Waals surface area contributed by atoms with Gasteiger partial charge in [-0.15, -0.1) is 0 Å². The SMILES string of the molecule is COC(=O)C1C(=O)C(C)=C2OC3(CC2(C)C1C)C(C)C(O)CC1C(C)(C)C(O)CCC13C. The first-order valence-corrected chi connectivity index (χ1v) is 12.1. The van der Waals surface area contributed by atoms with Crippen molar-refractivity contribution in [3.05, 3.63) is 11.3 Å². The van der Waals surface area contributed by atoms with Crippen molar-refractivity contribution in [2.75, 3.05) is 7.11 Å². The Bertz CT molecular complexity index is 876. The second kappa shape index (κ2) is 7.05. The van der Waals surface area contributed by atoms with E-state index in [1.165, 1.54) is 7.11 Å². The highest BCUT2D eigenvalue weighted by molar-refractivity contribution is 6.09. The summed E-state index contributed by atoms with van der Waals surface area (Å²) in [6.07, 6.45) is 1.74. The van der Waals surface area contributed by atoms with Crippen LogP contribution in [0.4, 0.5) is 0 Å². The lowest BCUT2D eigenvalue weighted by molar-refractivity contribution is -0.249. The van der Waals surface area contributed by atoms with Crippen molar-refractivity contribution >= 4 is 11.8 Å². The van der Waals surface area contributed by atoms with Gasteiger partial charge < -0.3 is 19.7 Å². The smallest absolute Gasteiger partial charge is 0.316 e. The Morgan fingerprint density at radius 1 is 1.12 bits per heavy atom. The summed E-state index contributed by atoms with van der Waals surface area (Å²) in [6, 6.07) is 0. The first kappa shape index (κ1) is 23.7. The molecular formula is C26H40O6. The highest BCUT2D eigenvalue weighted by Crippen LogP contribution is 2.71. The maximum atomic E-state index is 13.2. The average Bonchev–Trinajstić information content (AvgIpc) is 3.07. The molecule has 1 saturated heterocycles. The largest absolute Gasteiger partial charge is 0.490 e. The summed E-state index contributed by atoms with van der Waals surface area (Å²) in [5.74, 6) is -1.24. The number of ketones is 1. The lowest BCUT2D eigenvalue weighted by Crippen LogP contribution is -2.67. The van der Waals surface area contributed by atoms with E-state index in [0.29, 0.717) is 30.6 Å². The Balaban J connectivity index is 1.88. The number of esters is 1. The Labute approximate surface area is 191 Å². The molecule has 2 saturated carbocycles. The molecule has 180 valence electrons. The number of methoxy groups -OCH3 is 1. The molecule has 6 nitrogen and oxygen atoms in total. The van der Waals surface area contributed by atoms with Crippen LogP contribution in [0.1, 0.15) is 74.1 Å². The van der Waals surface area contributed by atoms with Gasteiger partial charge in [-0.1, -0.05) is 41.5 Å². The number of aliphatic hydroxyl groups is 2. The number of Topliss-reactive ketones (excluding diaryl/α,β-unsaturated/α-hetero) is 1. The van der Waals surface area contributed by atoms with Gasteiger partial charge in [0.05, 0.1) is 19.3 Å². The van der Waals surface area contributed by atoms with Gasteiger partial charge in [0.15, 0.2) is 5.78 Å². The summed E-state index contributed by atoms with van der Waals surface area (Å²) in [7, 11) is 1.33. The number of rotatable bonds is 1. The Morgan fingerprint density at radius 3 is 2.34 bits per heavy atom. The van der Waals surface area contributed by atoms with Gasteiger partial charge in [-0.3, -0.25) is 9.59 Å². The summed E-state index contributed by atoms with van der Waals surface area (Å²) in [6.45, 7) is 14.3. The number of hydrogen-bond donors (Lipinski definition) is 2. The molecule has 0 amide bonds. The zero-order valence-electron chi connectivity index (χ0n) is 20.8. The van der Waals surface area contributed by atoms with E-state index in [0.717, 1.165) is 6.42 Å². The Hall–Kier alpha value is -1.40. The molecule has 2 N–H and O–H groups in total. The fraction of sp³-hybridized carbons (Fsp3) is 0.846. The van der Waals surface area contributed by atoms with Crippen molar-refractivity contribution in [2.24, 2.45) is 39.9 Å². The lowest BCUT2D eigenvalue weighted by Gasteiger charge is -2.65. The number of carbonyl (C=O) groups excluding carboxylic acids is 2. The van der Waals surface area contributed by atoms with E-state index < -0.39 is 35.1 Å². The van der Waals surface area contributed by atoms with E-state index in [9.17, 15) is 19.8 Å². The van der Waals surface area contributed by atoms with Crippen LogP contribution in [0, 0.1) is 39.9 Å². The van der Waals surface area contributed by atoms with Crippen molar-refractivity contribution < 1.29 is 29.3 Å². The molecule has 9 atom stereocenters. The predicted molar refractivity (Wildman–Crippen MR) is 119 cm³/mol. The Morgan fingerprint density at radius 2 is 1.75 bits per heavy atom. The minimum Gasteiger partial charge on any atom is -0.490 e. The summed E-state index contributed by atoms with van der Waals surface area (Å²) < 4.78 is 12.0. The first-order chi connectivity index (χ1) is 14.7. The number of ether oxygens (including phenoxy) is 2.